The summed E-state index contributed by atoms with van der Waals surface area (Å²) in [5.41, 5.74) is 5.47. The molecule has 0 aliphatic carbocycles. The fourth-order valence-electron chi connectivity index (χ4n) is 0.774. The molecule has 0 saturated heterocycles. The van der Waals surface area contributed by atoms with Crippen LogP contribution in [0.4, 0.5) is 8.78 Å². The zero-order valence-corrected chi connectivity index (χ0v) is 6.85. The van der Waals surface area contributed by atoms with Gasteiger partial charge in [-0.25, -0.2) is 0 Å². The Labute approximate surface area is 74.8 Å². The van der Waals surface area contributed by atoms with Gasteiger partial charge in [0, 0.05) is 30.7 Å². The van der Waals surface area contributed by atoms with Crippen LogP contribution in [0.1, 0.15) is 12.0 Å². The minimum Gasteiger partial charge on any atom is -0.330 e. The highest BCUT2D eigenvalue weighted by atomic mass is 19.1. The van der Waals surface area contributed by atoms with Gasteiger partial charge in [0.15, 0.2) is 0 Å². The minimum absolute atomic E-state index is 0.276. The highest BCUT2D eigenvalue weighted by Crippen LogP contribution is 2.02. The number of nitrogens with two attached hydrogens (primary N) is 1. The van der Waals surface area contributed by atoms with E-state index >= 15 is 0 Å². The van der Waals surface area contributed by atoms with Crippen molar-refractivity contribution in [2.75, 3.05) is 6.54 Å². The van der Waals surface area contributed by atoms with E-state index in [1.807, 2.05) is 0 Å². The third kappa shape index (κ3) is 3.18. The molecule has 0 bridgehead atoms. The molecule has 1 aromatic rings. The molecular formula is C9H8F2N2. The van der Waals surface area contributed by atoms with E-state index in [1.54, 1.807) is 0 Å². The monoisotopic (exact) mass is 182 g/mol. The second-order valence-electron chi connectivity index (χ2n) is 2.34. The Morgan fingerprint density at radius 3 is 2.46 bits per heavy atom. The maximum Gasteiger partial charge on any atom is 0.216 e. The SMILES string of the molecule is NCCC#Cc1cc(F)nc(F)c1. The summed E-state index contributed by atoms with van der Waals surface area (Å²) in [6.07, 6.45) is 0.506. The van der Waals surface area contributed by atoms with E-state index in [-0.39, 0.29) is 5.56 Å². The van der Waals surface area contributed by atoms with Crippen LogP contribution in [-0.2, 0) is 0 Å². The number of hydrogen-bond acceptors (Lipinski definition) is 2. The Morgan fingerprint density at radius 2 is 1.92 bits per heavy atom. The van der Waals surface area contributed by atoms with Crippen LogP contribution in [0.3, 0.4) is 0 Å². The Bertz CT molecular complexity index is 332. The molecule has 13 heavy (non-hydrogen) atoms. The molecule has 0 spiro atoms. The van der Waals surface area contributed by atoms with Crippen LogP contribution in [0.15, 0.2) is 12.1 Å². The van der Waals surface area contributed by atoms with Gasteiger partial charge < -0.3 is 5.73 Å². The average molecular weight is 182 g/mol. The molecule has 0 aromatic carbocycles. The van der Waals surface area contributed by atoms with Crippen LogP contribution >= 0.6 is 0 Å². The van der Waals surface area contributed by atoms with E-state index in [9.17, 15) is 8.78 Å². The Morgan fingerprint density at radius 1 is 1.31 bits per heavy atom. The van der Waals surface area contributed by atoms with Gasteiger partial charge in [-0.2, -0.15) is 13.8 Å². The fraction of sp³-hybridized carbons (Fsp3) is 0.222. The van der Waals surface area contributed by atoms with E-state index in [4.69, 9.17) is 5.73 Å². The number of aromatic nitrogens is 1. The summed E-state index contributed by atoms with van der Waals surface area (Å²) < 4.78 is 25.0. The van der Waals surface area contributed by atoms with Crippen molar-refractivity contribution in [2.24, 2.45) is 5.73 Å². The van der Waals surface area contributed by atoms with Gasteiger partial charge in [-0.1, -0.05) is 11.8 Å². The first kappa shape index (κ1) is 9.62. The summed E-state index contributed by atoms with van der Waals surface area (Å²) in [5, 5.41) is 0. The second kappa shape index (κ2) is 4.53. The molecule has 0 aliphatic rings. The molecule has 2 nitrogen and oxygen atoms in total. The Hall–Kier alpha value is -1.47. The molecule has 0 fully saturated rings. The van der Waals surface area contributed by atoms with E-state index in [0.717, 1.165) is 12.1 Å². The molecule has 1 rings (SSSR count). The zero-order chi connectivity index (χ0) is 9.68. The lowest BCUT2D eigenvalue weighted by atomic mass is 10.2. The van der Waals surface area contributed by atoms with Crippen LogP contribution in [0, 0.1) is 23.7 Å². The van der Waals surface area contributed by atoms with Gasteiger partial charge in [-0.15, -0.1) is 0 Å². The summed E-state index contributed by atoms with van der Waals surface area (Å²) in [4.78, 5) is 2.94. The minimum atomic E-state index is -0.864. The molecule has 4 heteroatoms. The standard InChI is InChI=1S/C9H8F2N2/c10-8-5-7(3-1-2-4-12)6-9(11)13-8/h5-6H,2,4,12H2. The van der Waals surface area contributed by atoms with E-state index in [2.05, 4.69) is 16.8 Å². The third-order valence-electron chi connectivity index (χ3n) is 1.26. The van der Waals surface area contributed by atoms with Crippen LogP contribution < -0.4 is 5.73 Å². The number of halogens is 2. The van der Waals surface area contributed by atoms with Gasteiger partial charge in [-0.05, 0) is 0 Å². The van der Waals surface area contributed by atoms with Crippen molar-refractivity contribution in [3.63, 3.8) is 0 Å². The molecule has 0 aliphatic heterocycles. The lowest BCUT2D eigenvalue weighted by molar-refractivity contribution is 0.512. The smallest absolute Gasteiger partial charge is 0.216 e. The predicted molar refractivity (Wildman–Crippen MR) is 44.7 cm³/mol. The molecule has 0 unspecified atom stereocenters. The van der Waals surface area contributed by atoms with Crippen molar-refractivity contribution in [3.8, 4) is 11.8 Å². The molecule has 1 aromatic heterocycles. The topological polar surface area (TPSA) is 38.9 Å². The Balaban J connectivity index is 2.85. The first-order valence-electron chi connectivity index (χ1n) is 3.74. The molecule has 0 amide bonds. The predicted octanol–water partition coefficient (Wildman–Crippen LogP) is 1.06. The molecule has 2 N–H and O–H groups in total. The average Bonchev–Trinajstić information content (AvgIpc) is 2.03. The number of hydrogen-bond donors (Lipinski definition) is 1. The lowest BCUT2D eigenvalue weighted by Gasteiger charge is -1.91. The van der Waals surface area contributed by atoms with Crippen LogP contribution in [0.2, 0.25) is 0 Å². The maximum atomic E-state index is 12.5. The highest BCUT2D eigenvalue weighted by Gasteiger charge is 1.98. The molecule has 0 saturated carbocycles. The quantitative estimate of drug-likeness (QED) is 0.521. The largest absolute Gasteiger partial charge is 0.330 e. The third-order valence-corrected chi connectivity index (χ3v) is 1.26. The van der Waals surface area contributed by atoms with Crippen molar-refractivity contribution in [3.05, 3.63) is 29.6 Å². The molecule has 68 valence electrons. The van der Waals surface area contributed by atoms with Crippen LogP contribution in [-0.4, -0.2) is 11.5 Å². The van der Waals surface area contributed by atoms with Gasteiger partial charge in [0.25, 0.3) is 0 Å². The second-order valence-corrected chi connectivity index (χ2v) is 2.34. The summed E-state index contributed by atoms with van der Waals surface area (Å²) >= 11 is 0. The summed E-state index contributed by atoms with van der Waals surface area (Å²) in [7, 11) is 0. The molecule has 1 heterocycles. The normalized spacial score (nSPS) is 9.15. The van der Waals surface area contributed by atoms with E-state index in [0.29, 0.717) is 13.0 Å². The maximum absolute atomic E-state index is 12.5. The van der Waals surface area contributed by atoms with Gasteiger partial charge >= 0.3 is 0 Å². The van der Waals surface area contributed by atoms with Crippen molar-refractivity contribution in [1.29, 1.82) is 0 Å². The number of pyridine rings is 1. The molecule has 0 atom stereocenters. The van der Waals surface area contributed by atoms with Gasteiger partial charge in [0.2, 0.25) is 11.9 Å². The van der Waals surface area contributed by atoms with Crippen molar-refractivity contribution in [1.82, 2.24) is 4.98 Å². The molecular weight excluding hydrogens is 174 g/mol. The Kier molecular flexibility index (Phi) is 3.35. The fourth-order valence-corrected chi connectivity index (χ4v) is 0.774. The van der Waals surface area contributed by atoms with E-state index in [1.165, 1.54) is 0 Å². The number of nitrogens with zero attached hydrogens (tertiary/aromatic N) is 1. The summed E-state index contributed by atoms with van der Waals surface area (Å²) in [6, 6.07) is 2.15. The lowest BCUT2D eigenvalue weighted by Crippen LogP contribution is -1.95. The summed E-state index contributed by atoms with van der Waals surface area (Å²) in [6.45, 7) is 0.434. The number of rotatable bonds is 1. The van der Waals surface area contributed by atoms with E-state index < -0.39 is 11.9 Å². The van der Waals surface area contributed by atoms with Crippen molar-refractivity contribution < 1.29 is 8.78 Å². The van der Waals surface area contributed by atoms with Crippen LogP contribution in [0.25, 0.3) is 0 Å². The summed E-state index contributed by atoms with van der Waals surface area (Å²) in [5.74, 6) is 3.52. The molecule has 0 radical (unpaired) electrons. The van der Waals surface area contributed by atoms with Gasteiger partial charge in [0.05, 0.1) is 0 Å². The van der Waals surface area contributed by atoms with Crippen molar-refractivity contribution in [2.45, 2.75) is 6.42 Å². The van der Waals surface area contributed by atoms with Crippen LogP contribution in [0.5, 0.6) is 0 Å². The first-order valence-corrected chi connectivity index (χ1v) is 3.74. The van der Waals surface area contributed by atoms with Crippen molar-refractivity contribution >= 4 is 0 Å². The van der Waals surface area contributed by atoms with Gasteiger partial charge in [0.1, 0.15) is 0 Å². The zero-order valence-electron chi connectivity index (χ0n) is 6.85. The first-order chi connectivity index (χ1) is 6.22. The highest BCUT2D eigenvalue weighted by molar-refractivity contribution is 5.32. The van der Waals surface area contributed by atoms with Gasteiger partial charge in [-0.3, -0.25) is 0 Å².